The molecule has 0 spiro atoms. The Balaban J connectivity index is 3.29. The van der Waals surface area contributed by atoms with Crippen LogP contribution in [-0.2, 0) is 14.3 Å². The molecule has 3 N–H and O–H groups in total. The molecule has 0 saturated heterocycles. The first-order valence-electron chi connectivity index (χ1n) is 10.3. The number of thiol groups is 1. The molecule has 9 heteroatoms. The van der Waals surface area contributed by atoms with Crippen LogP contribution in [0.5, 0.6) is 0 Å². The van der Waals surface area contributed by atoms with Gasteiger partial charge in [0.2, 0.25) is 11.8 Å². The van der Waals surface area contributed by atoms with Crippen LogP contribution in [0.25, 0.3) is 0 Å². The van der Waals surface area contributed by atoms with Gasteiger partial charge in [-0.3, -0.25) is 9.59 Å². The van der Waals surface area contributed by atoms with E-state index in [0.29, 0.717) is 5.56 Å². The number of ether oxygens (including phenoxy) is 1. The van der Waals surface area contributed by atoms with E-state index < -0.39 is 29.7 Å². The summed E-state index contributed by atoms with van der Waals surface area (Å²) < 4.78 is 5.24. The fourth-order valence-corrected chi connectivity index (χ4v) is 3.23. The summed E-state index contributed by atoms with van der Waals surface area (Å²) in [5.74, 6) is -0.926. The van der Waals surface area contributed by atoms with Crippen molar-refractivity contribution in [1.82, 2.24) is 15.5 Å². The maximum atomic E-state index is 13.4. The van der Waals surface area contributed by atoms with Crippen LogP contribution in [0.2, 0.25) is 0 Å². The highest BCUT2D eigenvalue weighted by Gasteiger charge is 2.35. The number of carbonyl (C=O) groups is 3. The van der Waals surface area contributed by atoms with Crippen LogP contribution in [-0.4, -0.2) is 64.5 Å². The number of benzene rings is 1. The monoisotopic (exact) mass is 453 g/mol. The Morgan fingerprint density at radius 3 is 2.32 bits per heavy atom. The fourth-order valence-electron chi connectivity index (χ4n) is 2.99. The Labute approximate surface area is 190 Å². The second kappa shape index (κ2) is 12.0. The Bertz CT molecular complexity index is 764. The molecule has 2 unspecified atom stereocenters. The van der Waals surface area contributed by atoms with E-state index in [0.717, 1.165) is 5.56 Å². The highest BCUT2D eigenvalue weighted by atomic mass is 32.1. The zero-order chi connectivity index (χ0) is 23.8. The number of amides is 3. The standard InChI is InChI=1S/C22H35N3O5S/c1-14(2)23-19(27)18(16-9-7-8-15(3)12-16)25(10-11-26)20(28)17(13-31)24-21(29)30-22(4,5)6/h7-9,12,14,17-18,26,31H,10-11,13H2,1-6H3,(H,23,27)(H,24,29). The van der Waals surface area contributed by atoms with Gasteiger partial charge in [0.25, 0.3) is 0 Å². The summed E-state index contributed by atoms with van der Waals surface area (Å²) in [5, 5.41) is 15.0. The molecule has 31 heavy (non-hydrogen) atoms. The number of aliphatic hydroxyl groups excluding tert-OH is 1. The van der Waals surface area contributed by atoms with E-state index in [9.17, 15) is 19.5 Å². The number of nitrogens with one attached hydrogen (secondary N) is 2. The van der Waals surface area contributed by atoms with E-state index in [1.54, 1.807) is 32.9 Å². The van der Waals surface area contributed by atoms with Gasteiger partial charge in [-0.1, -0.05) is 29.8 Å². The van der Waals surface area contributed by atoms with Crippen molar-refractivity contribution in [3.63, 3.8) is 0 Å². The third-order valence-electron chi connectivity index (χ3n) is 4.14. The van der Waals surface area contributed by atoms with Crippen LogP contribution in [0.1, 0.15) is 51.8 Å². The molecule has 0 heterocycles. The lowest BCUT2D eigenvalue weighted by molar-refractivity contribution is -0.142. The molecular weight excluding hydrogens is 418 g/mol. The molecule has 0 radical (unpaired) electrons. The molecule has 0 bridgehead atoms. The lowest BCUT2D eigenvalue weighted by Crippen LogP contribution is -2.54. The van der Waals surface area contributed by atoms with Crippen LogP contribution in [0.3, 0.4) is 0 Å². The van der Waals surface area contributed by atoms with Gasteiger partial charge in [0.1, 0.15) is 17.7 Å². The van der Waals surface area contributed by atoms with Crippen molar-refractivity contribution in [2.24, 2.45) is 0 Å². The van der Waals surface area contributed by atoms with E-state index in [4.69, 9.17) is 4.74 Å². The summed E-state index contributed by atoms with van der Waals surface area (Å²) in [6.07, 6.45) is -0.761. The van der Waals surface area contributed by atoms with Crippen LogP contribution in [0.4, 0.5) is 4.79 Å². The van der Waals surface area contributed by atoms with Gasteiger partial charge in [-0.15, -0.1) is 0 Å². The number of aliphatic hydroxyl groups is 1. The Morgan fingerprint density at radius 1 is 1.19 bits per heavy atom. The highest BCUT2D eigenvalue weighted by Crippen LogP contribution is 2.24. The molecule has 1 aromatic rings. The lowest BCUT2D eigenvalue weighted by atomic mass is 10.0. The first-order valence-corrected chi connectivity index (χ1v) is 10.9. The zero-order valence-electron chi connectivity index (χ0n) is 19.1. The third kappa shape index (κ3) is 8.78. The van der Waals surface area contributed by atoms with Crippen molar-refractivity contribution in [1.29, 1.82) is 0 Å². The maximum absolute atomic E-state index is 13.4. The predicted molar refractivity (Wildman–Crippen MR) is 123 cm³/mol. The molecule has 0 aliphatic rings. The minimum absolute atomic E-state index is 0.00760. The summed E-state index contributed by atoms with van der Waals surface area (Å²) in [5.41, 5.74) is 0.796. The van der Waals surface area contributed by atoms with Crippen molar-refractivity contribution >= 4 is 30.5 Å². The number of hydrogen-bond donors (Lipinski definition) is 4. The van der Waals surface area contributed by atoms with Gasteiger partial charge in [0, 0.05) is 18.3 Å². The van der Waals surface area contributed by atoms with Gasteiger partial charge in [-0.05, 0) is 47.1 Å². The minimum Gasteiger partial charge on any atom is -0.444 e. The summed E-state index contributed by atoms with van der Waals surface area (Å²) in [4.78, 5) is 39.9. The molecule has 174 valence electrons. The smallest absolute Gasteiger partial charge is 0.408 e. The number of nitrogens with zero attached hydrogens (tertiary/aromatic N) is 1. The molecule has 0 saturated carbocycles. The first kappa shape index (κ1) is 26.8. The van der Waals surface area contributed by atoms with Gasteiger partial charge < -0.3 is 25.4 Å². The second-order valence-corrected chi connectivity index (χ2v) is 8.98. The van der Waals surface area contributed by atoms with Crippen molar-refractivity contribution in [3.8, 4) is 0 Å². The largest absolute Gasteiger partial charge is 0.444 e. The van der Waals surface area contributed by atoms with Gasteiger partial charge in [-0.2, -0.15) is 12.6 Å². The minimum atomic E-state index is -1.04. The molecule has 3 amide bonds. The van der Waals surface area contributed by atoms with Gasteiger partial charge in [-0.25, -0.2) is 4.79 Å². The number of aryl methyl sites for hydroxylation is 1. The number of alkyl carbamates (subject to hydrolysis) is 1. The lowest BCUT2D eigenvalue weighted by Gasteiger charge is -2.34. The topological polar surface area (TPSA) is 108 Å². The quantitative estimate of drug-likeness (QED) is 0.429. The van der Waals surface area contributed by atoms with Crippen LogP contribution in [0, 0.1) is 6.92 Å². The number of carbonyl (C=O) groups excluding carboxylic acids is 3. The van der Waals surface area contributed by atoms with Crippen molar-refractivity contribution in [2.45, 2.75) is 65.3 Å². The third-order valence-corrected chi connectivity index (χ3v) is 4.51. The predicted octanol–water partition coefficient (Wildman–Crippen LogP) is 2.20. The SMILES string of the molecule is Cc1cccc(C(C(=O)NC(C)C)N(CCO)C(=O)C(CS)NC(=O)OC(C)(C)C)c1. The fraction of sp³-hybridized carbons (Fsp3) is 0.591. The molecule has 2 atom stereocenters. The van der Waals surface area contributed by atoms with Crippen molar-refractivity contribution < 1.29 is 24.2 Å². The number of rotatable bonds is 9. The molecule has 8 nitrogen and oxygen atoms in total. The van der Waals surface area contributed by atoms with Crippen molar-refractivity contribution in [3.05, 3.63) is 35.4 Å². The second-order valence-electron chi connectivity index (χ2n) is 8.62. The number of hydrogen-bond acceptors (Lipinski definition) is 6. The zero-order valence-corrected chi connectivity index (χ0v) is 20.0. The van der Waals surface area contributed by atoms with E-state index in [1.807, 2.05) is 32.9 Å². The summed E-state index contributed by atoms with van der Waals surface area (Å²) in [6, 6.07) is 5.10. The Kier molecular flexibility index (Phi) is 10.3. The van der Waals surface area contributed by atoms with E-state index >= 15 is 0 Å². The van der Waals surface area contributed by atoms with Gasteiger partial charge >= 0.3 is 6.09 Å². The van der Waals surface area contributed by atoms with Crippen molar-refractivity contribution in [2.75, 3.05) is 18.9 Å². The summed E-state index contributed by atoms with van der Waals surface area (Å²) >= 11 is 4.20. The summed E-state index contributed by atoms with van der Waals surface area (Å²) in [6.45, 7) is 10.2. The molecule has 1 rings (SSSR count). The molecule has 1 aromatic carbocycles. The normalized spacial score (nSPS) is 13.3. The van der Waals surface area contributed by atoms with Crippen LogP contribution < -0.4 is 10.6 Å². The molecule has 0 aromatic heterocycles. The highest BCUT2D eigenvalue weighted by molar-refractivity contribution is 7.80. The van der Waals surface area contributed by atoms with Crippen LogP contribution in [0.15, 0.2) is 24.3 Å². The van der Waals surface area contributed by atoms with E-state index in [-0.39, 0.29) is 30.9 Å². The Morgan fingerprint density at radius 2 is 1.84 bits per heavy atom. The molecule has 0 aliphatic heterocycles. The molecule has 0 fully saturated rings. The average molecular weight is 454 g/mol. The van der Waals surface area contributed by atoms with E-state index in [2.05, 4.69) is 23.3 Å². The van der Waals surface area contributed by atoms with Gasteiger partial charge in [0.05, 0.1) is 6.61 Å². The van der Waals surface area contributed by atoms with Crippen LogP contribution >= 0.6 is 12.6 Å². The molecule has 0 aliphatic carbocycles. The first-order chi connectivity index (χ1) is 14.4. The summed E-state index contributed by atoms with van der Waals surface area (Å²) in [7, 11) is 0. The average Bonchev–Trinajstić information content (AvgIpc) is 2.63. The maximum Gasteiger partial charge on any atom is 0.408 e. The van der Waals surface area contributed by atoms with E-state index in [1.165, 1.54) is 4.90 Å². The molecular formula is C22H35N3O5S. The van der Waals surface area contributed by atoms with Gasteiger partial charge in [0.15, 0.2) is 0 Å². The Hall–Kier alpha value is -2.26.